The normalized spacial score (nSPS) is 13.6. The summed E-state index contributed by atoms with van der Waals surface area (Å²) < 4.78 is 1.39. The van der Waals surface area contributed by atoms with Crippen LogP contribution in [0.25, 0.3) is 10.9 Å². The van der Waals surface area contributed by atoms with Crippen molar-refractivity contribution in [2.75, 3.05) is 0 Å². The number of fused-ring (bicyclic) bond motifs is 1. The maximum absolute atomic E-state index is 12.4. The monoisotopic (exact) mass is 345 g/mol. The molecule has 1 heterocycles. The van der Waals surface area contributed by atoms with Gasteiger partial charge >= 0.3 is 5.97 Å². The first-order valence-corrected chi connectivity index (χ1v) is 8.20. The molecule has 7 heteroatoms. The van der Waals surface area contributed by atoms with Crippen LogP contribution in [0.3, 0.4) is 0 Å². The Balaban J connectivity index is 2.08. The molecule has 0 fully saturated rings. The zero-order chi connectivity index (χ0) is 18.6. The number of aliphatic carboxylic acids is 1. The third-order valence-corrected chi connectivity index (χ3v) is 4.53. The maximum Gasteiger partial charge on any atom is 0.305 e. The number of para-hydroxylation sites is 1. The summed E-state index contributed by atoms with van der Waals surface area (Å²) in [6.45, 7) is 5.62. The molecule has 1 aromatic carbocycles. The average Bonchev–Trinajstić information content (AvgIpc) is 2.53. The van der Waals surface area contributed by atoms with Crippen LogP contribution in [-0.2, 0) is 16.1 Å². The van der Waals surface area contributed by atoms with E-state index in [0.29, 0.717) is 10.9 Å². The molecular weight excluding hydrogens is 322 g/mol. The van der Waals surface area contributed by atoms with Crippen molar-refractivity contribution in [2.45, 2.75) is 45.7 Å². The van der Waals surface area contributed by atoms with E-state index in [1.54, 1.807) is 25.1 Å². The van der Waals surface area contributed by atoms with Crippen LogP contribution >= 0.6 is 0 Å². The molecule has 1 amide bonds. The van der Waals surface area contributed by atoms with E-state index in [4.69, 9.17) is 5.11 Å². The highest BCUT2D eigenvalue weighted by atomic mass is 16.4. The Hall–Kier alpha value is -2.70. The molecule has 1 atom stereocenters. The third-order valence-electron chi connectivity index (χ3n) is 4.53. The second-order valence-electron chi connectivity index (χ2n) is 6.70. The predicted octanol–water partition coefficient (Wildman–Crippen LogP) is 1.79. The van der Waals surface area contributed by atoms with Crippen LogP contribution in [0.4, 0.5) is 0 Å². The molecule has 0 aliphatic heterocycles. The molecule has 0 saturated heterocycles. The first-order chi connectivity index (χ1) is 11.7. The van der Waals surface area contributed by atoms with E-state index in [2.05, 4.69) is 10.3 Å². The number of hydrogen-bond donors (Lipinski definition) is 2. The summed E-state index contributed by atoms with van der Waals surface area (Å²) >= 11 is 0. The van der Waals surface area contributed by atoms with E-state index in [1.807, 2.05) is 19.9 Å². The standard InChI is InChI=1S/C18H23N3O4/c1-12(2)18(3,10-16(23)24)20-15(22)8-9-21-11-19-14-7-5-4-6-13(14)17(21)25/h4-7,11-12H,8-10H2,1-3H3,(H,20,22)(H,23,24). The van der Waals surface area contributed by atoms with Crippen LogP contribution < -0.4 is 10.9 Å². The molecule has 2 N–H and O–H groups in total. The second-order valence-corrected chi connectivity index (χ2v) is 6.70. The Morgan fingerprint density at radius 2 is 2.00 bits per heavy atom. The summed E-state index contributed by atoms with van der Waals surface area (Å²) in [6, 6.07) is 7.03. The van der Waals surface area contributed by atoms with Crippen LogP contribution in [0.2, 0.25) is 0 Å². The lowest BCUT2D eigenvalue weighted by molar-refractivity contribution is -0.139. The fourth-order valence-electron chi connectivity index (χ4n) is 2.58. The lowest BCUT2D eigenvalue weighted by atomic mass is 9.85. The van der Waals surface area contributed by atoms with Crippen molar-refractivity contribution >= 4 is 22.8 Å². The molecule has 1 unspecified atom stereocenters. The number of hydrogen-bond acceptors (Lipinski definition) is 4. The zero-order valence-electron chi connectivity index (χ0n) is 14.7. The minimum Gasteiger partial charge on any atom is -0.481 e. The van der Waals surface area contributed by atoms with Gasteiger partial charge in [-0.15, -0.1) is 0 Å². The van der Waals surface area contributed by atoms with Crippen LogP contribution in [0.15, 0.2) is 35.4 Å². The number of nitrogens with one attached hydrogen (secondary N) is 1. The summed E-state index contributed by atoms with van der Waals surface area (Å²) in [5, 5.41) is 12.3. The minimum absolute atomic E-state index is 0.0439. The van der Waals surface area contributed by atoms with Crippen LogP contribution in [0.1, 0.15) is 33.6 Å². The van der Waals surface area contributed by atoms with E-state index in [9.17, 15) is 14.4 Å². The van der Waals surface area contributed by atoms with Crippen molar-refractivity contribution in [3.05, 3.63) is 40.9 Å². The Kier molecular flexibility index (Phi) is 5.56. The van der Waals surface area contributed by atoms with Gasteiger partial charge in [0.05, 0.1) is 23.7 Å². The third kappa shape index (κ3) is 4.43. The minimum atomic E-state index is -0.966. The molecule has 1 aromatic heterocycles. The van der Waals surface area contributed by atoms with Gasteiger partial charge in [-0.1, -0.05) is 26.0 Å². The van der Waals surface area contributed by atoms with Gasteiger partial charge in [0.1, 0.15) is 0 Å². The molecule has 25 heavy (non-hydrogen) atoms. The molecule has 7 nitrogen and oxygen atoms in total. The number of carbonyl (C=O) groups excluding carboxylic acids is 1. The predicted molar refractivity (Wildman–Crippen MR) is 94.3 cm³/mol. The molecule has 0 spiro atoms. The summed E-state index contributed by atoms with van der Waals surface area (Å²) in [7, 11) is 0. The number of carboxylic acid groups (broad SMARTS) is 1. The van der Waals surface area contributed by atoms with E-state index in [1.165, 1.54) is 10.9 Å². The van der Waals surface area contributed by atoms with Crippen molar-refractivity contribution in [1.29, 1.82) is 0 Å². The summed E-state index contributed by atoms with van der Waals surface area (Å²) in [5.74, 6) is -1.30. The van der Waals surface area contributed by atoms with Gasteiger partial charge in [-0.3, -0.25) is 19.0 Å². The van der Waals surface area contributed by atoms with Crippen molar-refractivity contribution in [3.8, 4) is 0 Å². The number of aryl methyl sites for hydroxylation is 1. The second kappa shape index (κ2) is 7.46. The van der Waals surface area contributed by atoms with Gasteiger partial charge in [-0.25, -0.2) is 4.98 Å². The number of carboxylic acids is 1. The average molecular weight is 345 g/mol. The summed E-state index contributed by atoms with van der Waals surface area (Å²) in [5.41, 5.74) is -0.423. The topological polar surface area (TPSA) is 101 Å². The zero-order valence-corrected chi connectivity index (χ0v) is 14.7. The van der Waals surface area contributed by atoms with E-state index in [0.717, 1.165) is 0 Å². The first-order valence-electron chi connectivity index (χ1n) is 8.20. The highest BCUT2D eigenvalue weighted by Crippen LogP contribution is 2.21. The number of nitrogens with zero attached hydrogens (tertiary/aromatic N) is 2. The van der Waals surface area contributed by atoms with Gasteiger partial charge in [0.2, 0.25) is 5.91 Å². The maximum atomic E-state index is 12.4. The van der Waals surface area contributed by atoms with Gasteiger partial charge in [-0.05, 0) is 25.0 Å². The van der Waals surface area contributed by atoms with Crippen LogP contribution in [-0.4, -0.2) is 32.1 Å². The van der Waals surface area contributed by atoms with Crippen LogP contribution in [0.5, 0.6) is 0 Å². The van der Waals surface area contributed by atoms with Gasteiger partial charge in [0, 0.05) is 18.5 Å². The number of benzene rings is 1. The molecule has 0 aliphatic carbocycles. The van der Waals surface area contributed by atoms with Gasteiger partial charge in [0.25, 0.3) is 5.56 Å². The molecule has 0 aliphatic rings. The van der Waals surface area contributed by atoms with E-state index in [-0.39, 0.29) is 36.8 Å². The van der Waals surface area contributed by atoms with Gasteiger partial charge in [-0.2, -0.15) is 0 Å². The first kappa shape index (κ1) is 18.6. The highest BCUT2D eigenvalue weighted by Gasteiger charge is 2.32. The fourth-order valence-corrected chi connectivity index (χ4v) is 2.58. The lowest BCUT2D eigenvalue weighted by Crippen LogP contribution is -2.51. The molecular formula is C18H23N3O4. The van der Waals surface area contributed by atoms with Crippen molar-refractivity contribution < 1.29 is 14.7 Å². The Morgan fingerprint density at radius 3 is 2.64 bits per heavy atom. The molecule has 0 bridgehead atoms. The van der Waals surface area contributed by atoms with Crippen LogP contribution in [0, 0.1) is 5.92 Å². The SMILES string of the molecule is CC(C)C(C)(CC(=O)O)NC(=O)CCn1cnc2ccccc2c1=O. The molecule has 0 saturated carbocycles. The number of aromatic nitrogens is 2. The number of carbonyl (C=O) groups is 2. The Bertz CT molecular complexity index is 844. The van der Waals surface area contributed by atoms with Crippen molar-refractivity contribution in [2.24, 2.45) is 5.92 Å². The molecule has 0 radical (unpaired) electrons. The lowest BCUT2D eigenvalue weighted by Gasteiger charge is -2.33. The van der Waals surface area contributed by atoms with Gasteiger partial charge < -0.3 is 10.4 Å². The fraction of sp³-hybridized carbons (Fsp3) is 0.444. The molecule has 134 valence electrons. The van der Waals surface area contributed by atoms with Crippen molar-refractivity contribution in [1.82, 2.24) is 14.9 Å². The smallest absolute Gasteiger partial charge is 0.305 e. The highest BCUT2D eigenvalue weighted by molar-refractivity contribution is 5.79. The molecule has 2 rings (SSSR count). The largest absolute Gasteiger partial charge is 0.481 e. The Morgan fingerprint density at radius 1 is 1.32 bits per heavy atom. The molecule has 2 aromatic rings. The quantitative estimate of drug-likeness (QED) is 0.797. The Labute approximate surface area is 145 Å². The van der Waals surface area contributed by atoms with Gasteiger partial charge in [0.15, 0.2) is 0 Å². The number of amides is 1. The summed E-state index contributed by atoms with van der Waals surface area (Å²) in [4.78, 5) is 39.9. The van der Waals surface area contributed by atoms with E-state index < -0.39 is 11.5 Å². The number of rotatable bonds is 7. The summed E-state index contributed by atoms with van der Waals surface area (Å²) in [6.07, 6.45) is 1.34. The van der Waals surface area contributed by atoms with E-state index >= 15 is 0 Å². The van der Waals surface area contributed by atoms with Crippen molar-refractivity contribution in [3.63, 3.8) is 0 Å².